The Morgan fingerprint density at radius 1 is 1.15 bits per heavy atom. The first-order valence-electron chi connectivity index (χ1n) is 7.60. The zero-order valence-electron chi connectivity index (χ0n) is 13.5. The van der Waals surface area contributed by atoms with E-state index in [-0.39, 0.29) is 11.6 Å². The summed E-state index contributed by atoms with van der Waals surface area (Å²) in [6, 6.07) is 5.01. The van der Waals surface area contributed by atoms with Gasteiger partial charge >= 0.3 is 0 Å². The van der Waals surface area contributed by atoms with E-state index in [1.165, 1.54) is 9.75 Å². The van der Waals surface area contributed by atoms with Crippen molar-refractivity contribution in [1.82, 2.24) is 9.80 Å². The van der Waals surface area contributed by atoms with E-state index in [1.807, 2.05) is 11.3 Å². The van der Waals surface area contributed by atoms with Crippen molar-refractivity contribution in [3.05, 3.63) is 21.9 Å². The summed E-state index contributed by atoms with van der Waals surface area (Å²) in [5.41, 5.74) is 6.55. The highest BCUT2D eigenvalue weighted by molar-refractivity contribution is 7.12. The molecule has 2 heterocycles. The number of piperazine rings is 1. The third-order valence-corrected chi connectivity index (χ3v) is 5.28. The summed E-state index contributed by atoms with van der Waals surface area (Å²) in [4.78, 5) is 7.93. The molecule has 3 nitrogen and oxygen atoms in total. The SMILES string of the molecule is Cc1ccc(C(C(C)N)N2CCN(C(C)(C)C)CC2)s1. The Morgan fingerprint density at radius 2 is 1.75 bits per heavy atom. The lowest BCUT2D eigenvalue weighted by Crippen LogP contribution is -2.55. The van der Waals surface area contributed by atoms with Crippen molar-refractivity contribution < 1.29 is 0 Å². The van der Waals surface area contributed by atoms with Gasteiger partial charge in [0.05, 0.1) is 6.04 Å². The van der Waals surface area contributed by atoms with E-state index < -0.39 is 0 Å². The summed E-state index contributed by atoms with van der Waals surface area (Å²) in [7, 11) is 0. The molecule has 2 rings (SSSR count). The summed E-state index contributed by atoms with van der Waals surface area (Å²) in [6.07, 6.45) is 0. The fraction of sp³-hybridized carbons (Fsp3) is 0.750. The quantitative estimate of drug-likeness (QED) is 0.930. The number of aryl methyl sites for hydroxylation is 1. The van der Waals surface area contributed by atoms with Crippen LogP contribution in [0.5, 0.6) is 0 Å². The maximum Gasteiger partial charge on any atom is 0.0591 e. The molecule has 1 fully saturated rings. The van der Waals surface area contributed by atoms with Crippen LogP contribution in [0.25, 0.3) is 0 Å². The lowest BCUT2D eigenvalue weighted by Gasteiger charge is -2.45. The number of thiophene rings is 1. The molecule has 1 saturated heterocycles. The predicted molar refractivity (Wildman–Crippen MR) is 88.3 cm³/mol. The Labute approximate surface area is 127 Å². The maximum atomic E-state index is 6.28. The van der Waals surface area contributed by atoms with Gasteiger partial charge in [-0.1, -0.05) is 0 Å². The van der Waals surface area contributed by atoms with Crippen molar-refractivity contribution in [1.29, 1.82) is 0 Å². The molecule has 0 bridgehead atoms. The lowest BCUT2D eigenvalue weighted by molar-refractivity contribution is 0.0377. The van der Waals surface area contributed by atoms with Crippen LogP contribution in [0.2, 0.25) is 0 Å². The van der Waals surface area contributed by atoms with Crippen LogP contribution in [0.4, 0.5) is 0 Å². The Bertz CT molecular complexity index is 425. The Balaban J connectivity index is 2.06. The molecule has 1 aromatic heterocycles. The summed E-state index contributed by atoms with van der Waals surface area (Å²) in [5, 5.41) is 0. The molecule has 20 heavy (non-hydrogen) atoms. The average molecular weight is 295 g/mol. The van der Waals surface area contributed by atoms with Crippen LogP contribution >= 0.6 is 11.3 Å². The molecule has 2 N–H and O–H groups in total. The molecule has 0 amide bonds. The average Bonchev–Trinajstić information content (AvgIpc) is 2.75. The van der Waals surface area contributed by atoms with E-state index in [1.54, 1.807) is 0 Å². The highest BCUT2D eigenvalue weighted by Gasteiger charge is 2.31. The standard InChI is InChI=1S/C16H29N3S/c1-12-6-7-14(20-12)15(13(2)17)18-8-10-19(11-9-18)16(3,4)5/h6-7,13,15H,8-11,17H2,1-5H3. The van der Waals surface area contributed by atoms with Gasteiger partial charge in [0.25, 0.3) is 0 Å². The maximum absolute atomic E-state index is 6.28. The summed E-state index contributed by atoms with van der Waals surface area (Å²) in [5.74, 6) is 0. The zero-order valence-corrected chi connectivity index (χ0v) is 14.3. The lowest BCUT2D eigenvalue weighted by atomic mass is 10.0. The predicted octanol–water partition coefficient (Wildman–Crippen LogP) is 2.86. The highest BCUT2D eigenvalue weighted by atomic mass is 32.1. The van der Waals surface area contributed by atoms with E-state index in [0.29, 0.717) is 6.04 Å². The molecule has 1 aliphatic rings. The van der Waals surface area contributed by atoms with Crippen LogP contribution in [-0.4, -0.2) is 47.6 Å². The molecule has 1 aliphatic heterocycles. The van der Waals surface area contributed by atoms with Gasteiger partial charge in [-0.05, 0) is 46.8 Å². The fourth-order valence-corrected chi connectivity index (χ4v) is 4.18. The monoisotopic (exact) mass is 295 g/mol. The van der Waals surface area contributed by atoms with Crippen LogP contribution in [0.15, 0.2) is 12.1 Å². The molecule has 114 valence electrons. The third kappa shape index (κ3) is 3.61. The van der Waals surface area contributed by atoms with Gasteiger partial charge in [-0.25, -0.2) is 0 Å². The van der Waals surface area contributed by atoms with E-state index in [4.69, 9.17) is 5.73 Å². The number of nitrogens with zero attached hydrogens (tertiary/aromatic N) is 2. The second-order valence-corrected chi connectivity index (χ2v) is 8.27. The summed E-state index contributed by atoms with van der Waals surface area (Å²) in [6.45, 7) is 15.7. The van der Waals surface area contributed by atoms with Gasteiger partial charge in [-0.2, -0.15) is 0 Å². The molecule has 0 aromatic carbocycles. The molecular weight excluding hydrogens is 266 g/mol. The van der Waals surface area contributed by atoms with Crippen molar-refractivity contribution in [3.8, 4) is 0 Å². The van der Waals surface area contributed by atoms with Crippen molar-refractivity contribution in [2.24, 2.45) is 5.73 Å². The van der Waals surface area contributed by atoms with Gasteiger partial charge in [-0.15, -0.1) is 11.3 Å². The third-order valence-electron chi connectivity index (χ3n) is 4.21. The molecule has 0 radical (unpaired) electrons. The molecule has 0 spiro atoms. The minimum Gasteiger partial charge on any atom is -0.326 e. The molecule has 4 heteroatoms. The van der Waals surface area contributed by atoms with Crippen LogP contribution in [0.1, 0.15) is 43.5 Å². The van der Waals surface area contributed by atoms with Gasteiger partial charge in [0.15, 0.2) is 0 Å². The van der Waals surface area contributed by atoms with E-state index in [9.17, 15) is 0 Å². The molecule has 2 unspecified atom stereocenters. The largest absolute Gasteiger partial charge is 0.326 e. The number of hydrogen-bond acceptors (Lipinski definition) is 4. The first-order chi connectivity index (χ1) is 9.29. The number of hydrogen-bond donors (Lipinski definition) is 1. The second-order valence-electron chi connectivity index (χ2n) is 6.95. The first kappa shape index (κ1) is 16.0. The normalized spacial score (nSPS) is 21.9. The van der Waals surface area contributed by atoms with Gasteiger partial charge in [0, 0.05) is 47.5 Å². The first-order valence-corrected chi connectivity index (χ1v) is 8.41. The summed E-state index contributed by atoms with van der Waals surface area (Å²) < 4.78 is 0. The van der Waals surface area contributed by atoms with Crippen molar-refractivity contribution in [2.75, 3.05) is 26.2 Å². The summed E-state index contributed by atoms with van der Waals surface area (Å²) >= 11 is 1.89. The smallest absolute Gasteiger partial charge is 0.0591 e. The Kier molecular flexibility index (Phi) is 4.90. The molecule has 2 atom stereocenters. The van der Waals surface area contributed by atoms with Crippen LogP contribution in [0, 0.1) is 6.92 Å². The van der Waals surface area contributed by atoms with Crippen LogP contribution in [0.3, 0.4) is 0 Å². The van der Waals surface area contributed by atoms with E-state index >= 15 is 0 Å². The topological polar surface area (TPSA) is 32.5 Å². The minimum absolute atomic E-state index is 0.175. The number of nitrogens with two attached hydrogens (primary N) is 1. The van der Waals surface area contributed by atoms with E-state index in [2.05, 4.69) is 56.6 Å². The number of rotatable bonds is 3. The Morgan fingerprint density at radius 3 is 2.15 bits per heavy atom. The van der Waals surface area contributed by atoms with Crippen LogP contribution in [-0.2, 0) is 0 Å². The Hall–Kier alpha value is -0.420. The molecular formula is C16H29N3S. The molecule has 0 aliphatic carbocycles. The van der Waals surface area contributed by atoms with Gasteiger partial charge in [-0.3, -0.25) is 9.80 Å². The van der Waals surface area contributed by atoms with Crippen molar-refractivity contribution in [3.63, 3.8) is 0 Å². The highest BCUT2D eigenvalue weighted by Crippen LogP contribution is 2.31. The van der Waals surface area contributed by atoms with Crippen molar-refractivity contribution in [2.45, 2.75) is 52.2 Å². The van der Waals surface area contributed by atoms with Gasteiger partial charge in [0.2, 0.25) is 0 Å². The zero-order chi connectivity index (χ0) is 14.9. The molecule has 0 saturated carbocycles. The fourth-order valence-electron chi connectivity index (χ4n) is 3.05. The second kappa shape index (κ2) is 6.14. The van der Waals surface area contributed by atoms with Gasteiger partial charge < -0.3 is 5.73 Å². The van der Waals surface area contributed by atoms with E-state index in [0.717, 1.165) is 26.2 Å². The molecule has 1 aromatic rings. The minimum atomic E-state index is 0.175. The van der Waals surface area contributed by atoms with Crippen LogP contribution < -0.4 is 5.73 Å². The van der Waals surface area contributed by atoms with Gasteiger partial charge in [0.1, 0.15) is 0 Å². The van der Waals surface area contributed by atoms with Crippen molar-refractivity contribution >= 4 is 11.3 Å².